The van der Waals surface area contributed by atoms with Crippen molar-refractivity contribution >= 4 is 15.8 Å². The molecule has 1 fully saturated rings. The molecule has 142 valence electrons. The maximum Gasteiger partial charge on any atom is 0.244 e. The molecular formula is C16H19N7O3S. The molecule has 1 aliphatic heterocycles. The highest BCUT2D eigenvalue weighted by atomic mass is 32.2. The third kappa shape index (κ3) is 4.14. The first-order chi connectivity index (χ1) is 13.0. The monoisotopic (exact) mass is 389 g/mol. The first-order valence-corrected chi connectivity index (χ1v) is 10.4. The summed E-state index contributed by atoms with van der Waals surface area (Å²) in [6.07, 6.45) is 8.08. The van der Waals surface area contributed by atoms with E-state index in [-0.39, 0.29) is 11.9 Å². The summed E-state index contributed by atoms with van der Waals surface area (Å²) in [6, 6.07) is 3.31. The molecule has 0 unspecified atom stereocenters. The van der Waals surface area contributed by atoms with Gasteiger partial charge in [-0.1, -0.05) is 5.16 Å². The normalized spacial score (nSPS) is 18.0. The van der Waals surface area contributed by atoms with Gasteiger partial charge in [-0.15, -0.1) is 0 Å². The largest absolute Gasteiger partial charge is 0.348 e. The molecule has 2 N–H and O–H groups in total. The van der Waals surface area contributed by atoms with Gasteiger partial charge in [-0.25, -0.2) is 18.4 Å². The molecule has 27 heavy (non-hydrogen) atoms. The summed E-state index contributed by atoms with van der Waals surface area (Å²) in [5.41, 5.74) is 0.627. The summed E-state index contributed by atoms with van der Waals surface area (Å²) >= 11 is 0. The summed E-state index contributed by atoms with van der Waals surface area (Å²) < 4.78 is 30.6. The van der Waals surface area contributed by atoms with E-state index in [4.69, 9.17) is 4.52 Å². The Bertz CT molecular complexity index is 1020. The minimum atomic E-state index is -3.41. The van der Waals surface area contributed by atoms with Gasteiger partial charge >= 0.3 is 0 Å². The molecule has 3 aromatic rings. The Morgan fingerprint density at radius 2 is 2.26 bits per heavy atom. The molecule has 1 atom stereocenters. The van der Waals surface area contributed by atoms with Gasteiger partial charge < -0.3 is 9.51 Å². The molecule has 0 radical (unpaired) electrons. The maximum absolute atomic E-state index is 11.4. The van der Waals surface area contributed by atoms with Crippen molar-refractivity contribution in [1.82, 2.24) is 30.0 Å². The van der Waals surface area contributed by atoms with Gasteiger partial charge in [0, 0.05) is 24.2 Å². The van der Waals surface area contributed by atoms with Crippen molar-refractivity contribution in [2.75, 3.05) is 17.5 Å². The van der Waals surface area contributed by atoms with Crippen LogP contribution in [0.1, 0.15) is 30.6 Å². The number of H-pyrrole nitrogens is 1. The molecule has 0 saturated carbocycles. The second-order valence-corrected chi connectivity index (χ2v) is 8.17. The minimum Gasteiger partial charge on any atom is -0.348 e. The fourth-order valence-corrected chi connectivity index (χ4v) is 3.67. The highest BCUT2D eigenvalue weighted by molar-refractivity contribution is 7.92. The fraction of sp³-hybridized carbons (Fsp3) is 0.375. The number of anilines is 1. The number of aromatic nitrogens is 5. The van der Waals surface area contributed by atoms with Crippen LogP contribution in [0.5, 0.6) is 0 Å². The van der Waals surface area contributed by atoms with E-state index in [1.54, 1.807) is 24.5 Å². The highest BCUT2D eigenvalue weighted by Crippen LogP contribution is 2.33. The standard InChI is InChI=1S/C16H19N7O3S/c1-27(24,25)22-13-9-11(4-5-17-13)15-20-16(26-21-15)12-3-2-8-23(12)10-14-18-6-7-19-14/h4-7,9,12H,2-3,8,10H2,1H3,(H,17,22)(H,18,19)/t12-/m0/s1. The van der Waals surface area contributed by atoms with Crippen LogP contribution in [-0.2, 0) is 16.6 Å². The van der Waals surface area contributed by atoms with E-state index in [9.17, 15) is 8.42 Å². The van der Waals surface area contributed by atoms with Crippen molar-refractivity contribution in [1.29, 1.82) is 0 Å². The van der Waals surface area contributed by atoms with Crippen LogP contribution in [0.25, 0.3) is 11.4 Å². The van der Waals surface area contributed by atoms with E-state index >= 15 is 0 Å². The van der Waals surface area contributed by atoms with Crippen molar-refractivity contribution in [3.05, 3.63) is 42.4 Å². The van der Waals surface area contributed by atoms with Gasteiger partial charge in [0.2, 0.25) is 21.7 Å². The van der Waals surface area contributed by atoms with Crippen molar-refractivity contribution in [3.63, 3.8) is 0 Å². The van der Waals surface area contributed by atoms with E-state index in [0.29, 0.717) is 23.8 Å². The predicted molar refractivity (Wildman–Crippen MR) is 97.0 cm³/mol. The van der Waals surface area contributed by atoms with Gasteiger partial charge in [0.15, 0.2) is 0 Å². The van der Waals surface area contributed by atoms with Crippen LogP contribution in [0.4, 0.5) is 5.82 Å². The second-order valence-electron chi connectivity index (χ2n) is 6.42. The molecule has 10 nitrogen and oxygen atoms in total. The van der Waals surface area contributed by atoms with Gasteiger partial charge in [-0.2, -0.15) is 4.98 Å². The molecule has 1 saturated heterocycles. The Hall–Kier alpha value is -2.79. The Kier molecular flexibility index (Phi) is 4.62. The lowest BCUT2D eigenvalue weighted by molar-refractivity contribution is 0.197. The second kappa shape index (κ2) is 7.08. The Labute approximate surface area is 156 Å². The molecular weight excluding hydrogens is 370 g/mol. The number of pyridine rings is 1. The average molecular weight is 389 g/mol. The van der Waals surface area contributed by atoms with E-state index in [0.717, 1.165) is 31.5 Å². The van der Waals surface area contributed by atoms with Crippen LogP contribution in [0.3, 0.4) is 0 Å². The average Bonchev–Trinajstić information content (AvgIpc) is 3.35. The van der Waals surface area contributed by atoms with Gasteiger partial charge in [-0.3, -0.25) is 9.62 Å². The molecule has 0 aliphatic carbocycles. The molecule has 1 aliphatic rings. The van der Waals surface area contributed by atoms with Crippen LogP contribution < -0.4 is 4.72 Å². The first-order valence-electron chi connectivity index (χ1n) is 8.48. The lowest BCUT2D eigenvalue weighted by Gasteiger charge is -2.19. The van der Waals surface area contributed by atoms with Gasteiger partial charge in [-0.05, 0) is 31.5 Å². The molecule has 4 rings (SSSR count). The maximum atomic E-state index is 11.4. The number of nitrogens with one attached hydrogen (secondary N) is 2. The van der Waals surface area contributed by atoms with Crippen molar-refractivity contribution in [2.24, 2.45) is 0 Å². The van der Waals surface area contributed by atoms with Crippen molar-refractivity contribution in [2.45, 2.75) is 25.4 Å². The number of nitrogens with zero attached hydrogens (tertiary/aromatic N) is 5. The summed E-state index contributed by atoms with van der Waals surface area (Å²) in [7, 11) is -3.41. The van der Waals surface area contributed by atoms with Crippen LogP contribution in [-0.4, -0.2) is 51.2 Å². The number of rotatable bonds is 6. The van der Waals surface area contributed by atoms with E-state index in [2.05, 4.69) is 34.7 Å². The summed E-state index contributed by atoms with van der Waals surface area (Å²) in [6.45, 7) is 1.62. The molecule has 0 aromatic carbocycles. The fourth-order valence-electron chi connectivity index (χ4n) is 3.18. The summed E-state index contributed by atoms with van der Waals surface area (Å²) in [5.74, 6) is 2.05. The zero-order valence-electron chi connectivity index (χ0n) is 14.7. The lowest BCUT2D eigenvalue weighted by Crippen LogP contribution is -2.23. The zero-order chi connectivity index (χ0) is 18.9. The van der Waals surface area contributed by atoms with Crippen LogP contribution in [0.2, 0.25) is 0 Å². The Morgan fingerprint density at radius 3 is 3.04 bits per heavy atom. The number of aromatic amines is 1. The molecule has 0 spiro atoms. The molecule has 11 heteroatoms. The third-order valence-electron chi connectivity index (χ3n) is 4.31. The third-order valence-corrected chi connectivity index (χ3v) is 4.89. The quantitative estimate of drug-likeness (QED) is 0.650. The van der Waals surface area contributed by atoms with Gasteiger partial charge in [0.25, 0.3) is 0 Å². The smallest absolute Gasteiger partial charge is 0.244 e. The Balaban J connectivity index is 1.54. The Morgan fingerprint density at radius 1 is 1.37 bits per heavy atom. The molecule has 4 heterocycles. The topological polar surface area (TPSA) is 130 Å². The van der Waals surface area contributed by atoms with Gasteiger partial charge in [0.05, 0.1) is 18.8 Å². The molecule has 3 aromatic heterocycles. The predicted octanol–water partition coefficient (Wildman–Crippen LogP) is 1.56. The summed E-state index contributed by atoms with van der Waals surface area (Å²) in [5, 5.41) is 4.06. The SMILES string of the molecule is CS(=O)(=O)Nc1cc(-c2noc([C@@H]3CCCN3Cc3ncc[nH]3)n2)ccn1. The number of imidazole rings is 1. The molecule has 0 bridgehead atoms. The zero-order valence-corrected chi connectivity index (χ0v) is 15.5. The number of hydrogen-bond acceptors (Lipinski definition) is 8. The van der Waals surface area contributed by atoms with Crippen LogP contribution in [0.15, 0.2) is 35.2 Å². The molecule has 0 amide bonds. The van der Waals surface area contributed by atoms with Crippen LogP contribution >= 0.6 is 0 Å². The minimum absolute atomic E-state index is 0.0341. The van der Waals surface area contributed by atoms with E-state index < -0.39 is 10.0 Å². The number of sulfonamides is 1. The number of hydrogen-bond donors (Lipinski definition) is 2. The van der Waals surface area contributed by atoms with Crippen molar-refractivity contribution < 1.29 is 12.9 Å². The number of likely N-dealkylation sites (tertiary alicyclic amines) is 1. The summed E-state index contributed by atoms with van der Waals surface area (Å²) in [4.78, 5) is 18.1. The van der Waals surface area contributed by atoms with Gasteiger partial charge in [0.1, 0.15) is 11.6 Å². The van der Waals surface area contributed by atoms with E-state index in [1.807, 2.05) is 0 Å². The van der Waals surface area contributed by atoms with Crippen molar-refractivity contribution in [3.8, 4) is 11.4 Å². The highest BCUT2D eigenvalue weighted by Gasteiger charge is 2.31. The van der Waals surface area contributed by atoms with E-state index in [1.165, 1.54) is 6.20 Å². The van der Waals surface area contributed by atoms with Crippen LogP contribution in [0, 0.1) is 0 Å². The first kappa shape index (κ1) is 17.6. The lowest BCUT2D eigenvalue weighted by atomic mass is 10.2.